The van der Waals surface area contributed by atoms with Crippen LogP contribution in [0.5, 0.6) is 0 Å². The predicted molar refractivity (Wildman–Crippen MR) is 134 cm³/mol. The summed E-state index contributed by atoms with van der Waals surface area (Å²) in [6.07, 6.45) is 4.85. The van der Waals surface area contributed by atoms with Gasteiger partial charge in [-0.2, -0.15) is 5.10 Å². The van der Waals surface area contributed by atoms with Gasteiger partial charge < -0.3 is 15.5 Å². The van der Waals surface area contributed by atoms with E-state index in [1.54, 1.807) is 6.20 Å². The summed E-state index contributed by atoms with van der Waals surface area (Å²) in [4.78, 5) is 17.0. The first-order chi connectivity index (χ1) is 17.5. The van der Waals surface area contributed by atoms with Crippen LogP contribution < -0.4 is 15.5 Å². The summed E-state index contributed by atoms with van der Waals surface area (Å²) in [6.45, 7) is 3.69. The smallest absolute Gasteiger partial charge is 0.226 e. The van der Waals surface area contributed by atoms with Crippen LogP contribution in [0.2, 0.25) is 0 Å². The quantitative estimate of drug-likeness (QED) is 0.471. The van der Waals surface area contributed by atoms with Gasteiger partial charge in [0.05, 0.1) is 0 Å². The third-order valence-corrected chi connectivity index (χ3v) is 7.25. The molecule has 2 aliphatic rings. The molecule has 3 aromatic rings. The lowest BCUT2D eigenvalue weighted by Gasteiger charge is -2.32. The molecule has 0 aliphatic carbocycles. The molecule has 1 unspecified atom stereocenters. The van der Waals surface area contributed by atoms with Gasteiger partial charge in [-0.3, -0.25) is 9.69 Å². The van der Waals surface area contributed by atoms with Crippen LogP contribution >= 0.6 is 11.3 Å². The Balaban J connectivity index is 1.08. The molecule has 2 atom stereocenters. The van der Waals surface area contributed by atoms with Crippen molar-refractivity contribution in [1.29, 1.82) is 0 Å². The molecule has 0 bridgehead atoms. The molecular formula is C24H28F2N8OS. The average Bonchev–Trinajstić information content (AvgIpc) is 3.49. The molecule has 12 heteroatoms. The maximum absolute atomic E-state index is 13.5. The summed E-state index contributed by atoms with van der Waals surface area (Å²) >= 11 is 1.32. The summed E-state index contributed by atoms with van der Waals surface area (Å²) in [5, 5.41) is 23.8. The van der Waals surface area contributed by atoms with Crippen LogP contribution in [0.1, 0.15) is 31.2 Å². The van der Waals surface area contributed by atoms with Gasteiger partial charge in [0.2, 0.25) is 16.2 Å². The molecule has 5 rings (SSSR count). The van der Waals surface area contributed by atoms with Gasteiger partial charge in [-0.25, -0.2) is 8.78 Å². The van der Waals surface area contributed by atoms with Gasteiger partial charge in [0.1, 0.15) is 11.6 Å². The Bertz CT molecular complexity index is 1160. The monoisotopic (exact) mass is 514 g/mol. The lowest BCUT2D eigenvalue weighted by atomic mass is 9.94. The van der Waals surface area contributed by atoms with Gasteiger partial charge in [-0.15, -0.1) is 15.3 Å². The van der Waals surface area contributed by atoms with E-state index >= 15 is 0 Å². The topological polar surface area (TPSA) is 99.2 Å². The van der Waals surface area contributed by atoms with Crippen molar-refractivity contribution in [1.82, 2.24) is 25.3 Å². The summed E-state index contributed by atoms with van der Waals surface area (Å²) < 4.78 is 27.0. The number of hydrogen-bond acceptors (Lipinski definition) is 9. The first-order valence-corrected chi connectivity index (χ1v) is 12.9. The molecule has 1 aromatic carbocycles. The molecule has 0 saturated carbocycles. The molecule has 2 aliphatic heterocycles. The number of amides is 1. The zero-order valence-electron chi connectivity index (χ0n) is 19.7. The molecule has 0 radical (unpaired) electrons. The van der Waals surface area contributed by atoms with Crippen molar-refractivity contribution in [3.05, 3.63) is 53.7 Å². The highest BCUT2D eigenvalue weighted by Gasteiger charge is 2.25. The molecule has 0 spiro atoms. The Kier molecular flexibility index (Phi) is 7.61. The lowest BCUT2D eigenvalue weighted by molar-refractivity contribution is -0.117. The number of hydrogen-bond donors (Lipinski definition) is 2. The number of nitrogens with zero attached hydrogens (tertiary/aromatic N) is 6. The van der Waals surface area contributed by atoms with Gasteiger partial charge in [0.25, 0.3) is 0 Å². The van der Waals surface area contributed by atoms with Crippen molar-refractivity contribution in [3.8, 4) is 0 Å². The lowest BCUT2D eigenvalue weighted by Crippen LogP contribution is -2.36. The second-order valence-electron chi connectivity index (χ2n) is 9.34. The van der Waals surface area contributed by atoms with Gasteiger partial charge >= 0.3 is 0 Å². The summed E-state index contributed by atoms with van der Waals surface area (Å²) in [7, 11) is 0. The molecule has 2 aromatic heterocycles. The minimum Gasteiger partial charge on any atom is -0.355 e. The Hall–Kier alpha value is -3.25. The fourth-order valence-electron chi connectivity index (χ4n) is 4.91. The number of rotatable bonds is 8. The minimum absolute atomic E-state index is 0.101. The van der Waals surface area contributed by atoms with E-state index in [1.165, 1.54) is 23.5 Å². The fraction of sp³-hybridized carbons (Fsp3) is 0.458. The summed E-state index contributed by atoms with van der Waals surface area (Å²) in [6, 6.07) is 7.63. The van der Waals surface area contributed by atoms with Crippen LogP contribution in [0.15, 0.2) is 36.5 Å². The van der Waals surface area contributed by atoms with Gasteiger partial charge in [-0.05, 0) is 61.6 Å². The number of anilines is 3. The molecule has 190 valence electrons. The van der Waals surface area contributed by atoms with Crippen molar-refractivity contribution < 1.29 is 13.6 Å². The van der Waals surface area contributed by atoms with E-state index in [4.69, 9.17) is 0 Å². The van der Waals surface area contributed by atoms with Crippen LogP contribution in [-0.2, 0) is 11.3 Å². The van der Waals surface area contributed by atoms with E-state index in [0.717, 1.165) is 50.8 Å². The number of aromatic nitrogens is 4. The summed E-state index contributed by atoms with van der Waals surface area (Å²) in [5.74, 6) is -0.208. The number of carbonyl (C=O) groups is 1. The van der Waals surface area contributed by atoms with E-state index in [-0.39, 0.29) is 17.9 Å². The Morgan fingerprint density at radius 2 is 1.89 bits per heavy atom. The average molecular weight is 515 g/mol. The number of carbonyl (C=O) groups excluding carboxylic acids is 1. The second kappa shape index (κ2) is 11.2. The Labute approximate surface area is 211 Å². The third-order valence-electron chi connectivity index (χ3n) is 6.48. The molecule has 2 saturated heterocycles. The fourth-order valence-corrected chi connectivity index (χ4v) is 5.65. The Morgan fingerprint density at radius 1 is 1.06 bits per heavy atom. The van der Waals surface area contributed by atoms with E-state index in [1.807, 2.05) is 12.1 Å². The zero-order chi connectivity index (χ0) is 24.9. The minimum atomic E-state index is -0.570. The number of benzene rings is 1. The molecule has 4 heterocycles. The standard InChI is InChI=1S/C24H28F2N8OS/c25-18-9-17(10-19(26)12-18)14-33-7-2-3-16(13-33)11-22(35)29-24-32-31-23(36-24)28-20-5-8-34(15-20)21-4-1-6-27-30-21/h1,4,6,9-10,12,16,20H,2-3,5,7-8,11,13-15H2,(H,28,31)(H,29,32,35)/t16-,20?/m0/s1. The molecular weight excluding hydrogens is 486 g/mol. The molecule has 1 amide bonds. The van der Waals surface area contributed by atoms with E-state index in [0.29, 0.717) is 35.3 Å². The summed E-state index contributed by atoms with van der Waals surface area (Å²) in [5.41, 5.74) is 0.605. The number of likely N-dealkylation sites (tertiary alicyclic amines) is 1. The van der Waals surface area contributed by atoms with Crippen LogP contribution in [0.4, 0.5) is 24.9 Å². The van der Waals surface area contributed by atoms with Gasteiger partial charge in [0.15, 0.2) is 5.82 Å². The maximum Gasteiger partial charge on any atom is 0.226 e. The van der Waals surface area contributed by atoms with Crippen molar-refractivity contribution in [3.63, 3.8) is 0 Å². The number of halogens is 2. The van der Waals surface area contributed by atoms with Crippen LogP contribution in [0, 0.1) is 17.6 Å². The van der Waals surface area contributed by atoms with Crippen molar-refractivity contribution >= 4 is 33.3 Å². The van der Waals surface area contributed by atoms with Gasteiger partial charge in [0, 0.05) is 50.9 Å². The first kappa shape index (κ1) is 24.4. The highest BCUT2D eigenvalue weighted by atomic mass is 32.1. The zero-order valence-corrected chi connectivity index (χ0v) is 20.6. The highest BCUT2D eigenvalue weighted by Crippen LogP contribution is 2.26. The first-order valence-electron chi connectivity index (χ1n) is 12.1. The molecule has 2 fully saturated rings. The van der Waals surface area contributed by atoms with Crippen molar-refractivity contribution in [2.75, 3.05) is 41.7 Å². The molecule has 2 N–H and O–H groups in total. The maximum atomic E-state index is 13.5. The number of piperidine rings is 1. The largest absolute Gasteiger partial charge is 0.355 e. The SMILES string of the molecule is O=C(C[C@@H]1CCCN(Cc2cc(F)cc(F)c2)C1)Nc1nnc(NC2CCN(c3cccnn3)C2)s1. The number of nitrogens with one attached hydrogen (secondary N) is 2. The van der Waals surface area contributed by atoms with E-state index in [9.17, 15) is 13.6 Å². The molecule has 9 nitrogen and oxygen atoms in total. The van der Waals surface area contributed by atoms with Crippen LogP contribution in [-0.4, -0.2) is 63.4 Å². The third kappa shape index (κ3) is 6.49. The highest BCUT2D eigenvalue weighted by molar-refractivity contribution is 7.19. The van der Waals surface area contributed by atoms with Gasteiger partial charge in [-0.1, -0.05) is 11.3 Å². The van der Waals surface area contributed by atoms with Crippen LogP contribution in [0.25, 0.3) is 0 Å². The van der Waals surface area contributed by atoms with Crippen molar-refractivity contribution in [2.24, 2.45) is 5.92 Å². The van der Waals surface area contributed by atoms with E-state index < -0.39 is 11.6 Å². The molecule has 36 heavy (non-hydrogen) atoms. The van der Waals surface area contributed by atoms with Crippen molar-refractivity contribution in [2.45, 2.75) is 38.3 Å². The van der Waals surface area contributed by atoms with Crippen LogP contribution in [0.3, 0.4) is 0 Å². The predicted octanol–water partition coefficient (Wildman–Crippen LogP) is 3.54. The Morgan fingerprint density at radius 3 is 2.69 bits per heavy atom. The normalized spacial score (nSPS) is 20.4. The van der Waals surface area contributed by atoms with E-state index in [2.05, 4.69) is 40.8 Å². The second-order valence-corrected chi connectivity index (χ2v) is 10.3.